The summed E-state index contributed by atoms with van der Waals surface area (Å²) in [6.07, 6.45) is 3.85. The molecule has 1 aliphatic rings. The summed E-state index contributed by atoms with van der Waals surface area (Å²) in [5, 5.41) is 0. The molecule has 0 bridgehead atoms. The van der Waals surface area contributed by atoms with Gasteiger partial charge in [-0.1, -0.05) is 12.1 Å². The highest BCUT2D eigenvalue weighted by Gasteiger charge is 2.19. The Kier molecular flexibility index (Phi) is 2.76. The van der Waals surface area contributed by atoms with Crippen molar-refractivity contribution in [1.29, 1.82) is 0 Å². The van der Waals surface area contributed by atoms with Crippen LogP contribution in [-0.2, 0) is 12.8 Å². The summed E-state index contributed by atoms with van der Waals surface area (Å²) in [5.74, 6) is 0.853. The highest BCUT2D eigenvalue weighted by molar-refractivity contribution is 5.62. The van der Waals surface area contributed by atoms with Gasteiger partial charge >= 0.3 is 0 Å². The van der Waals surface area contributed by atoms with Gasteiger partial charge in [-0.05, 0) is 42.2 Å². The number of methoxy groups -OCH3 is 1. The van der Waals surface area contributed by atoms with Crippen molar-refractivity contribution in [3.05, 3.63) is 47.7 Å². The van der Waals surface area contributed by atoms with Gasteiger partial charge in [0.2, 0.25) is 0 Å². The average molecular weight is 240 g/mol. The molecule has 0 amide bonds. The molecule has 0 aliphatic heterocycles. The Labute approximate surface area is 107 Å². The van der Waals surface area contributed by atoms with Crippen LogP contribution in [0, 0.1) is 0 Å². The van der Waals surface area contributed by atoms with E-state index < -0.39 is 0 Å². The second-order valence-corrected chi connectivity index (χ2v) is 4.74. The molecule has 0 saturated carbocycles. The zero-order valence-corrected chi connectivity index (χ0v) is 10.4. The van der Waals surface area contributed by atoms with Crippen LogP contribution in [0.4, 0.5) is 0 Å². The summed E-state index contributed by atoms with van der Waals surface area (Å²) in [4.78, 5) is 4.52. The molecule has 0 fully saturated rings. The van der Waals surface area contributed by atoms with E-state index in [9.17, 15) is 0 Å². The highest BCUT2D eigenvalue weighted by Crippen LogP contribution is 2.27. The minimum absolute atomic E-state index is 0.252. The fourth-order valence-corrected chi connectivity index (χ4v) is 2.48. The van der Waals surface area contributed by atoms with Crippen molar-refractivity contribution in [1.82, 2.24) is 4.98 Å². The first-order valence-electron chi connectivity index (χ1n) is 6.14. The van der Waals surface area contributed by atoms with E-state index in [0.29, 0.717) is 0 Å². The normalized spacial score (nSPS) is 17.6. The van der Waals surface area contributed by atoms with Gasteiger partial charge in [-0.25, -0.2) is 0 Å². The van der Waals surface area contributed by atoms with E-state index in [1.165, 1.54) is 11.1 Å². The number of fused-ring (bicyclic) bond motifs is 1. The molecule has 2 aromatic rings. The standard InChI is InChI=1S/C15H16N2O/c1-18-14-4-2-3-10(7-14)15-8-11-5-13(16)6-12(11)9-17-15/h2-4,7-9,13H,5-6,16H2,1H3. The number of nitrogens with zero attached hydrogens (tertiary/aromatic N) is 1. The van der Waals surface area contributed by atoms with Crippen LogP contribution >= 0.6 is 0 Å². The topological polar surface area (TPSA) is 48.1 Å². The van der Waals surface area contributed by atoms with E-state index in [2.05, 4.69) is 11.1 Å². The first-order chi connectivity index (χ1) is 8.76. The maximum absolute atomic E-state index is 5.97. The maximum atomic E-state index is 5.97. The molecule has 3 heteroatoms. The Morgan fingerprint density at radius 1 is 1.22 bits per heavy atom. The minimum Gasteiger partial charge on any atom is -0.497 e. The Morgan fingerprint density at radius 2 is 2.06 bits per heavy atom. The first kappa shape index (κ1) is 11.2. The number of ether oxygens (including phenoxy) is 1. The molecular formula is C15H16N2O. The Morgan fingerprint density at radius 3 is 2.89 bits per heavy atom. The largest absolute Gasteiger partial charge is 0.497 e. The Bertz CT molecular complexity index is 580. The van der Waals surface area contributed by atoms with Gasteiger partial charge in [0.25, 0.3) is 0 Å². The Hall–Kier alpha value is -1.87. The second-order valence-electron chi connectivity index (χ2n) is 4.74. The summed E-state index contributed by atoms with van der Waals surface area (Å²) < 4.78 is 5.24. The lowest BCUT2D eigenvalue weighted by molar-refractivity contribution is 0.415. The van der Waals surface area contributed by atoms with E-state index in [4.69, 9.17) is 10.5 Å². The van der Waals surface area contributed by atoms with E-state index in [1.807, 2.05) is 30.5 Å². The van der Waals surface area contributed by atoms with Crippen molar-refractivity contribution in [3.8, 4) is 17.0 Å². The van der Waals surface area contributed by atoms with Crippen molar-refractivity contribution >= 4 is 0 Å². The molecule has 3 nitrogen and oxygen atoms in total. The second kappa shape index (κ2) is 4.42. The molecule has 1 aromatic heterocycles. The third-order valence-corrected chi connectivity index (χ3v) is 3.41. The summed E-state index contributed by atoms with van der Waals surface area (Å²) >= 11 is 0. The molecule has 1 heterocycles. The lowest BCUT2D eigenvalue weighted by atomic mass is 10.1. The molecule has 18 heavy (non-hydrogen) atoms. The van der Waals surface area contributed by atoms with Crippen molar-refractivity contribution in [2.45, 2.75) is 18.9 Å². The molecule has 0 spiro atoms. The third kappa shape index (κ3) is 1.97. The number of aromatic nitrogens is 1. The van der Waals surface area contributed by atoms with Crippen molar-refractivity contribution in [3.63, 3.8) is 0 Å². The maximum Gasteiger partial charge on any atom is 0.119 e. The summed E-state index contributed by atoms with van der Waals surface area (Å²) in [7, 11) is 1.67. The number of hydrogen-bond donors (Lipinski definition) is 1. The lowest BCUT2D eigenvalue weighted by Gasteiger charge is -2.06. The van der Waals surface area contributed by atoms with Crippen molar-refractivity contribution < 1.29 is 4.74 Å². The molecule has 1 aromatic carbocycles. The molecule has 2 N–H and O–H groups in total. The van der Waals surface area contributed by atoms with Gasteiger partial charge in [0.1, 0.15) is 5.75 Å². The molecule has 1 atom stereocenters. The van der Waals surface area contributed by atoms with Crippen LogP contribution in [0.5, 0.6) is 5.75 Å². The van der Waals surface area contributed by atoms with Crippen LogP contribution in [0.1, 0.15) is 11.1 Å². The summed E-state index contributed by atoms with van der Waals surface area (Å²) in [6.45, 7) is 0. The number of rotatable bonds is 2. The SMILES string of the molecule is COc1cccc(-c2cc3c(cn2)CC(N)C3)c1. The van der Waals surface area contributed by atoms with Crippen molar-refractivity contribution in [2.75, 3.05) is 7.11 Å². The molecule has 92 valence electrons. The number of nitrogens with two attached hydrogens (primary N) is 1. The minimum atomic E-state index is 0.252. The molecule has 3 rings (SSSR count). The number of hydrogen-bond acceptors (Lipinski definition) is 3. The van der Waals surface area contributed by atoms with Gasteiger partial charge in [-0.3, -0.25) is 4.98 Å². The molecule has 0 radical (unpaired) electrons. The molecule has 0 saturated heterocycles. The van der Waals surface area contributed by atoms with Gasteiger partial charge < -0.3 is 10.5 Å². The van der Waals surface area contributed by atoms with Gasteiger partial charge in [0, 0.05) is 17.8 Å². The van der Waals surface area contributed by atoms with Crippen LogP contribution in [0.25, 0.3) is 11.3 Å². The molecule has 1 unspecified atom stereocenters. The van der Waals surface area contributed by atoms with Crippen LogP contribution in [0.2, 0.25) is 0 Å². The predicted octanol–water partition coefficient (Wildman–Crippen LogP) is 2.18. The van der Waals surface area contributed by atoms with Gasteiger partial charge in [-0.15, -0.1) is 0 Å². The number of benzene rings is 1. The fraction of sp³-hybridized carbons (Fsp3) is 0.267. The van der Waals surface area contributed by atoms with Gasteiger partial charge in [-0.2, -0.15) is 0 Å². The monoisotopic (exact) mass is 240 g/mol. The van der Waals surface area contributed by atoms with Crippen LogP contribution in [-0.4, -0.2) is 18.1 Å². The van der Waals surface area contributed by atoms with Gasteiger partial charge in [0.15, 0.2) is 0 Å². The van der Waals surface area contributed by atoms with Crippen molar-refractivity contribution in [2.24, 2.45) is 5.73 Å². The van der Waals surface area contributed by atoms with Crippen LogP contribution in [0.3, 0.4) is 0 Å². The molecular weight excluding hydrogens is 224 g/mol. The highest BCUT2D eigenvalue weighted by atomic mass is 16.5. The van der Waals surface area contributed by atoms with Crippen LogP contribution < -0.4 is 10.5 Å². The zero-order chi connectivity index (χ0) is 12.5. The zero-order valence-electron chi connectivity index (χ0n) is 10.4. The predicted molar refractivity (Wildman–Crippen MR) is 71.6 cm³/mol. The lowest BCUT2D eigenvalue weighted by Crippen LogP contribution is -2.18. The average Bonchev–Trinajstić information content (AvgIpc) is 2.77. The Balaban J connectivity index is 2.00. The van der Waals surface area contributed by atoms with E-state index in [-0.39, 0.29) is 6.04 Å². The van der Waals surface area contributed by atoms with Gasteiger partial charge in [0.05, 0.1) is 12.8 Å². The summed E-state index contributed by atoms with van der Waals surface area (Å²) in [5.41, 5.74) is 10.7. The third-order valence-electron chi connectivity index (χ3n) is 3.41. The fourth-order valence-electron chi connectivity index (χ4n) is 2.48. The van der Waals surface area contributed by atoms with E-state index in [0.717, 1.165) is 29.8 Å². The first-order valence-corrected chi connectivity index (χ1v) is 6.14. The van der Waals surface area contributed by atoms with E-state index in [1.54, 1.807) is 7.11 Å². The van der Waals surface area contributed by atoms with E-state index >= 15 is 0 Å². The summed E-state index contributed by atoms with van der Waals surface area (Å²) in [6, 6.07) is 10.4. The number of pyridine rings is 1. The smallest absolute Gasteiger partial charge is 0.119 e. The van der Waals surface area contributed by atoms with Crippen LogP contribution in [0.15, 0.2) is 36.5 Å². The quantitative estimate of drug-likeness (QED) is 0.875. The molecule has 1 aliphatic carbocycles.